The van der Waals surface area contributed by atoms with E-state index in [2.05, 4.69) is 35.5 Å². The zero-order valence-electron chi connectivity index (χ0n) is 14.1. The first-order chi connectivity index (χ1) is 11.6. The highest BCUT2D eigenvalue weighted by Gasteiger charge is 2.40. The molecule has 1 aliphatic carbocycles. The monoisotopic (exact) mass is 325 g/mol. The Morgan fingerprint density at radius 1 is 1.38 bits per heavy atom. The first-order valence-electron chi connectivity index (χ1n) is 8.42. The molecule has 1 aromatic carbocycles. The molecule has 1 aliphatic heterocycles. The Bertz CT molecular complexity index is 715. The van der Waals surface area contributed by atoms with Gasteiger partial charge < -0.3 is 10.6 Å². The van der Waals surface area contributed by atoms with Crippen molar-refractivity contribution in [2.75, 3.05) is 19.6 Å². The predicted molar refractivity (Wildman–Crippen MR) is 97.8 cm³/mol. The van der Waals surface area contributed by atoms with E-state index in [4.69, 9.17) is 5.73 Å². The Balaban J connectivity index is 2.01. The third-order valence-electron chi connectivity index (χ3n) is 5.10. The van der Waals surface area contributed by atoms with Gasteiger partial charge in [0.05, 0.1) is 11.4 Å². The number of likely N-dealkylation sites (tertiary alicyclic amines) is 1. The third kappa shape index (κ3) is 3.06. The van der Waals surface area contributed by atoms with Crippen molar-refractivity contribution >= 4 is 11.4 Å². The lowest BCUT2D eigenvalue weighted by atomic mass is 9.67. The molecule has 0 spiro atoms. The van der Waals surface area contributed by atoms with Gasteiger partial charge >= 0.3 is 0 Å². The van der Waals surface area contributed by atoms with Crippen LogP contribution in [-0.2, 0) is 0 Å². The fourth-order valence-electron chi connectivity index (χ4n) is 3.62. The van der Waals surface area contributed by atoms with E-state index in [-0.39, 0.29) is 11.2 Å². The minimum atomic E-state index is -0.256. The molecule has 0 amide bonds. The van der Waals surface area contributed by atoms with Crippen molar-refractivity contribution in [3.63, 3.8) is 0 Å². The van der Waals surface area contributed by atoms with Gasteiger partial charge in [0.15, 0.2) is 0 Å². The number of benzene rings is 1. The van der Waals surface area contributed by atoms with E-state index in [1.807, 2.05) is 0 Å². The fraction of sp³-hybridized carbons (Fsp3) is 0.350. The van der Waals surface area contributed by atoms with Crippen LogP contribution in [0.2, 0.25) is 0 Å². The van der Waals surface area contributed by atoms with E-state index in [0.29, 0.717) is 0 Å². The van der Waals surface area contributed by atoms with Crippen molar-refractivity contribution in [2.24, 2.45) is 16.1 Å². The van der Waals surface area contributed by atoms with Crippen LogP contribution in [0.3, 0.4) is 0 Å². The zero-order valence-corrected chi connectivity index (χ0v) is 14.1. The maximum Gasteiger partial charge on any atom is 0.123 e. The molecule has 126 valence electrons. The van der Waals surface area contributed by atoms with Crippen molar-refractivity contribution in [1.29, 1.82) is 0 Å². The second-order valence-electron chi connectivity index (χ2n) is 6.49. The van der Waals surface area contributed by atoms with E-state index in [1.54, 1.807) is 18.3 Å². The molecule has 1 unspecified atom stereocenters. The maximum atomic E-state index is 13.1. The SMILES string of the molecule is C=CC12CC(=CN)C(=Nc3ccc(F)cc3)C=C1CCN(CC)C2. The number of aliphatic imine (C=N–C) groups is 1. The summed E-state index contributed by atoms with van der Waals surface area (Å²) in [6.07, 6.45) is 7.69. The largest absolute Gasteiger partial charge is 0.404 e. The average Bonchev–Trinajstić information content (AvgIpc) is 2.62. The molecule has 2 N–H and O–H groups in total. The number of allylic oxidation sites excluding steroid dienone is 2. The van der Waals surface area contributed by atoms with Gasteiger partial charge in [0.25, 0.3) is 0 Å². The zero-order chi connectivity index (χ0) is 17.2. The molecule has 1 fully saturated rings. The van der Waals surface area contributed by atoms with E-state index in [0.717, 1.165) is 49.4 Å². The Kier molecular flexibility index (Phi) is 4.67. The number of piperidine rings is 1. The lowest BCUT2D eigenvalue weighted by Gasteiger charge is -2.45. The molecule has 3 nitrogen and oxygen atoms in total. The molecule has 3 rings (SSSR count). The summed E-state index contributed by atoms with van der Waals surface area (Å²) in [4.78, 5) is 7.14. The van der Waals surface area contributed by atoms with Crippen LogP contribution in [0.15, 0.2) is 65.3 Å². The molecule has 0 aromatic heterocycles. The Labute approximate surface area is 143 Å². The number of fused-ring (bicyclic) bond motifs is 1. The van der Waals surface area contributed by atoms with Crippen molar-refractivity contribution in [2.45, 2.75) is 19.8 Å². The van der Waals surface area contributed by atoms with E-state index in [1.165, 1.54) is 17.7 Å². The lowest BCUT2D eigenvalue weighted by Crippen LogP contribution is -2.45. The summed E-state index contributed by atoms with van der Waals surface area (Å²) in [5.74, 6) is -0.256. The second kappa shape index (κ2) is 6.73. The minimum Gasteiger partial charge on any atom is -0.404 e. The number of rotatable bonds is 3. The summed E-state index contributed by atoms with van der Waals surface area (Å²) < 4.78 is 13.1. The number of nitrogens with two attached hydrogens (primary N) is 1. The summed E-state index contributed by atoms with van der Waals surface area (Å²) in [6.45, 7) is 9.36. The first-order valence-corrected chi connectivity index (χ1v) is 8.42. The molecule has 1 saturated heterocycles. The van der Waals surface area contributed by atoms with Gasteiger partial charge in [-0.2, -0.15) is 0 Å². The fourth-order valence-corrected chi connectivity index (χ4v) is 3.62. The molecule has 1 heterocycles. The van der Waals surface area contributed by atoms with Gasteiger partial charge in [0.1, 0.15) is 5.82 Å². The van der Waals surface area contributed by atoms with Crippen LogP contribution in [0, 0.1) is 11.2 Å². The van der Waals surface area contributed by atoms with Crippen LogP contribution in [0.1, 0.15) is 19.8 Å². The average molecular weight is 325 g/mol. The van der Waals surface area contributed by atoms with Crippen molar-refractivity contribution in [3.8, 4) is 0 Å². The van der Waals surface area contributed by atoms with Gasteiger partial charge in [-0.05, 0) is 61.5 Å². The minimum absolute atomic E-state index is 0.0543. The molecular formula is C20H24FN3. The van der Waals surface area contributed by atoms with Crippen LogP contribution in [0.5, 0.6) is 0 Å². The molecule has 0 bridgehead atoms. The number of hydrogen-bond donors (Lipinski definition) is 1. The van der Waals surface area contributed by atoms with Crippen LogP contribution < -0.4 is 5.73 Å². The van der Waals surface area contributed by atoms with Crippen LogP contribution >= 0.6 is 0 Å². The van der Waals surface area contributed by atoms with E-state index >= 15 is 0 Å². The smallest absolute Gasteiger partial charge is 0.123 e. The standard InChI is InChI=1S/C20H24FN3/c1-3-20-12-15(13-22)19(23-18-7-5-17(21)6-8-18)11-16(20)9-10-24(4-2)14-20/h3,5-8,11,13H,1,4,9-10,12,14,22H2,2H3. The molecule has 24 heavy (non-hydrogen) atoms. The van der Waals surface area contributed by atoms with Gasteiger partial charge in [-0.25, -0.2) is 9.38 Å². The van der Waals surface area contributed by atoms with Gasteiger partial charge in [-0.3, -0.25) is 0 Å². The molecule has 0 saturated carbocycles. The number of hydrogen-bond acceptors (Lipinski definition) is 3. The number of halogens is 1. The summed E-state index contributed by atoms with van der Waals surface area (Å²) in [5, 5.41) is 0. The van der Waals surface area contributed by atoms with E-state index in [9.17, 15) is 4.39 Å². The summed E-state index contributed by atoms with van der Waals surface area (Å²) in [5.41, 5.74) is 9.84. The normalized spacial score (nSPS) is 27.8. The summed E-state index contributed by atoms with van der Waals surface area (Å²) >= 11 is 0. The highest BCUT2D eigenvalue weighted by atomic mass is 19.1. The molecule has 1 atom stereocenters. The Hall–Kier alpha value is -2.20. The Morgan fingerprint density at radius 3 is 2.75 bits per heavy atom. The van der Waals surface area contributed by atoms with Crippen molar-refractivity contribution in [3.05, 3.63) is 66.2 Å². The quantitative estimate of drug-likeness (QED) is 0.855. The second-order valence-corrected chi connectivity index (χ2v) is 6.49. The van der Waals surface area contributed by atoms with Crippen molar-refractivity contribution < 1.29 is 4.39 Å². The topological polar surface area (TPSA) is 41.6 Å². The van der Waals surface area contributed by atoms with Gasteiger partial charge in [-0.15, -0.1) is 6.58 Å². The molecule has 2 aliphatic rings. The van der Waals surface area contributed by atoms with Gasteiger partial charge in [-0.1, -0.05) is 18.6 Å². The highest BCUT2D eigenvalue weighted by Crippen LogP contribution is 2.45. The Morgan fingerprint density at radius 2 is 2.12 bits per heavy atom. The van der Waals surface area contributed by atoms with Crippen LogP contribution in [-0.4, -0.2) is 30.2 Å². The summed E-state index contributed by atoms with van der Waals surface area (Å²) in [6, 6.07) is 6.22. The van der Waals surface area contributed by atoms with Crippen molar-refractivity contribution in [1.82, 2.24) is 4.90 Å². The number of nitrogens with zero attached hydrogens (tertiary/aromatic N) is 2. The highest BCUT2D eigenvalue weighted by molar-refractivity contribution is 6.11. The molecule has 1 aromatic rings. The van der Waals surface area contributed by atoms with E-state index < -0.39 is 0 Å². The van der Waals surface area contributed by atoms with Gasteiger partial charge in [0, 0.05) is 18.5 Å². The van der Waals surface area contributed by atoms with Gasteiger partial charge in [0.2, 0.25) is 0 Å². The van der Waals surface area contributed by atoms with Crippen LogP contribution in [0.25, 0.3) is 0 Å². The molecule has 0 radical (unpaired) electrons. The predicted octanol–water partition coefficient (Wildman–Crippen LogP) is 3.97. The summed E-state index contributed by atoms with van der Waals surface area (Å²) in [7, 11) is 0. The first kappa shape index (κ1) is 16.7. The third-order valence-corrected chi connectivity index (χ3v) is 5.10. The molecule has 4 heteroatoms. The maximum absolute atomic E-state index is 13.1. The molecular weight excluding hydrogens is 301 g/mol. The van der Waals surface area contributed by atoms with Crippen LogP contribution in [0.4, 0.5) is 10.1 Å². The lowest BCUT2D eigenvalue weighted by molar-refractivity contribution is 0.180.